The second-order valence-corrected chi connectivity index (χ2v) is 11.5. The maximum atomic E-state index is 11.9. The Balaban J connectivity index is 2.51. The fraction of sp³-hybridized carbons (Fsp3) is 0.889. The number of carbonyl (C=O) groups excluding carboxylic acids is 1. The van der Waals surface area contributed by atoms with Gasteiger partial charge >= 0.3 is 133 Å². The predicted octanol–water partition coefficient (Wildman–Crippen LogP) is -3.02. The molecule has 1 rings (SSSR count). The van der Waals surface area contributed by atoms with Gasteiger partial charge in [-0.3, -0.25) is 0 Å². The summed E-state index contributed by atoms with van der Waals surface area (Å²) in [5, 5.41) is 0. The second kappa shape index (κ2) is 5.66. The van der Waals surface area contributed by atoms with Crippen molar-refractivity contribution in [1.29, 1.82) is 0 Å². The number of carbonyl (C=O) groups is 1. The van der Waals surface area contributed by atoms with E-state index in [1.807, 2.05) is 6.92 Å². The van der Waals surface area contributed by atoms with Crippen molar-refractivity contribution in [2.45, 2.75) is 33.8 Å². The van der Waals surface area contributed by atoms with Gasteiger partial charge in [-0.05, 0) is 0 Å². The number of hydrogen-bond acceptors (Lipinski definition) is 5. The zero-order valence-corrected chi connectivity index (χ0v) is 15.7. The van der Waals surface area contributed by atoms with Crippen molar-refractivity contribution < 1.29 is 39.4 Å². The second-order valence-electron chi connectivity index (χ2n) is 4.99. The van der Waals surface area contributed by atoms with Gasteiger partial charge in [-0.25, -0.2) is 0 Å². The first-order valence-corrected chi connectivity index (χ1v) is 10.5. The molecular formula is C9H17I2N2O4S-. The van der Waals surface area contributed by atoms with Crippen molar-refractivity contribution in [3.05, 3.63) is 0 Å². The van der Waals surface area contributed by atoms with E-state index >= 15 is 0 Å². The van der Waals surface area contributed by atoms with E-state index in [9.17, 15) is 13.2 Å². The first-order valence-electron chi connectivity index (χ1n) is 5.17. The number of alkyl halides is 2. The van der Waals surface area contributed by atoms with Crippen LogP contribution in [0.5, 0.6) is 0 Å². The minimum absolute atomic E-state index is 0.0164. The van der Waals surface area contributed by atoms with E-state index in [2.05, 4.69) is 30.8 Å². The standard InChI is InChI=1S/C9H17I2N2O4S/c1-8(2,13-18(4,15)16)5-17-7(14)9(3,10)6-11-12-6/h6,12-13H,5H2,1-4H3/q-1. The predicted molar refractivity (Wildman–Crippen MR) is 72.4 cm³/mol. The zero-order valence-electron chi connectivity index (χ0n) is 10.6. The van der Waals surface area contributed by atoms with Crippen molar-refractivity contribution in [1.82, 2.24) is 8.25 Å². The van der Waals surface area contributed by atoms with Gasteiger partial charge in [-0.2, -0.15) is 0 Å². The van der Waals surface area contributed by atoms with Crippen LogP contribution in [0.3, 0.4) is 0 Å². The Kier molecular flexibility index (Phi) is 5.30. The summed E-state index contributed by atoms with van der Waals surface area (Å²) in [7, 11) is -3.32. The van der Waals surface area contributed by atoms with Crippen LogP contribution in [0.1, 0.15) is 20.8 Å². The van der Waals surface area contributed by atoms with Crippen LogP contribution in [0.4, 0.5) is 0 Å². The summed E-state index contributed by atoms with van der Waals surface area (Å²) in [5.41, 5.74) is -0.804. The van der Waals surface area contributed by atoms with Crippen molar-refractivity contribution in [2.24, 2.45) is 0 Å². The molecule has 0 saturated carbocycles. The van der Waals surface area contributed by atoms with Crippen LogP contribution in [-0.4, -0.2) is 40.3 Å². The third kappa shape index (κ3) is 5.43. The number of hydrogen-bond donors (Lipinski definition) is 2. The van der Waals surface area contributed by atoms with Gasteiger partial charge in [0.1, 0.15) is 0 Å². The molecule has 1 heterocycles. The SMILES string of the molecule is CC(C)(COC(=O)C(C)(I)C1N[I-]1)NS(C)(=O)=O. The van der Waals surface area contributed by atoms with Crippen LogP contribution in [0.2, 0.25) is 0 Å². The third-order valence-corrected chi connectivity index (χ3v) is 7.79. The number of esters is 1. The molecule has 108 valence electrons. The molecule has 1 aliphatic heterocycles. The van der Waals surface area contributed by atoms with Crippen molar-refractivity contribution in [2.75, 3.05) is 12.9 Å². The van der Waals surface area contributed by atoms with Gasteiger partial charge in [-0.1, -0.05) is 0 Å². The maximum absolute atomic E-state index is 11.9. The van der Waals surface area contributed by atoms with Crippen molar-refractivity contribution in [3.63, 3.8) is 0 Å². The summed E-state index contributed by atoms with van der Waals surface area (Å²) < 4.78 is 32.8. The molecule has 18 heavy (non-hydrogen) atoms. The normalized spacial score (nSPS) is 23.7. The molecule has 0 spiro atoms. The Morgan fingerprint density at radius 1 is 1.50 bits per heavy atom. The van der Waals surface area contributed by atoms with E-state index in [0.717, 1.165) is 6.26 Å². The molecule has 2 N–H and O–H groups in total. The Morgan fingerprint density at radius 3 is 2.39 bits per heavy atom. The van der Waals surface area contributed by atoms with Crippen LogP contribution >= 0.6 is 22.6 Å². The molecule has 0 amide bonds. The fourth-order valence-corrected chi connectivity index (χ4v) is 5.66. The molecule has 2 atom stereocenters. The van der Waals surface area contributed by atoms with Gasteiger partial charge in [0.25, 0.3) is 0 Å². The molecule has 1 saturated heterocycles. The van der Waals surface area contributed by atoms with Crippen molar-refractivity contribution >= 4 is 38.6 Å². The molecule has 9 heteroatoms. The van der Waals surface area contributed by atoms with Gasteiger partial charge in [-0.15, -0.1) is 0 Å². The Morgan fingerprint density at radius 2 is 2.00 bits per heavy atom. The van der Waals surface area contributed by atoms with Gasteiger partial charge < -0.3 is 0 Å². The molecule has 6 nitrogen and oxygen atoms in total. The van der Waals surface area contributed by atoms with E-state index in [-0.39, 0.29) is 38.1 Å². The van der Waals surface area contributed by atoms with Crippen LogP contribution in [0, 0.1) is 0 Å². The molecule has 1 fully saturated rings. The topological polar surface area (TPSA) is 94.4 Å². The average Bonchev–Trinajstić information content (AvgIpc) is 2.92. The molecule has 0 aliphatic carbocycles. The third-order valence-electron chi connectivity index (χ3n) is 2.12. The average molecular weight is 503 g/mol. The summed E-state index contributed by atoms with van der Waals surface area (Å²) in [4.78, 5) is 11.9. The summed E-state index contributed by atoms with van der Waals surface area (Å²) in [6.07, 6.45) is 1.08. The molecule has 0 radical (unpaired) electrons. The van der Waals surface area contributed by atoms with E-state index in [1.54, 1.807) is 13.8 Å². The summed E-state index contributed by atoms with van der Waals surface area (Å²) in [6, 6.07) is 0. The summed E-state index contributed by atoms with van der Waals surface area (Å²) in [5.74, 6) is -0.304. The molecule has 2 unspecified atom stereocenters. The number of halogens is 2. The summed E-state index contributed by atoms with van der Waals surface area (Å²) in [6.45, 7) is 5.20. The Bertz CT molecular complexity index is 432. The van der Waals surface area contributed by atoms with Crippen LogP contribution in [-0.2, 0) is 19.6 Å². The molecule has 0 bridgehead atoms. The monoisotopic (exact) mass is 503 g/mol. The van der Waals surface area contributed by atoms with Crippen molar-refractivity contribution in [3.8, 4) is 0 Å². The van der Waals surface area contributed by atoms with Gasteiger partial charge in [0.05, 0.1) is 0 Å². The Hall–Kier alpha value is 0.800. The first-order chi connectivity index (χ1) is 7.94. The molecule has 0 aromatic rings. The van der Waals surface area contributed by atoms with Gasteiger partial charge in [0.2, 0.25) is 0 Å². The number of nitrogens with one attached hydrogen (secondary N) is 2. The van der Waals surface area contributed by atoms with Crippen LogP contribution < -0.4 is 29.7 Å². The van der Waals surface area contributed by atoms with Crippen LogP contribution in [0.25, 0.3) is 0 Å². The minimum atomic E-state index is -3.32. The van der Waals surface area contributed by atoms with E-state index in [1.165, 1.54) is 0 Å². The molecular weight excluding hydrogens is 486 g/mol. The molecule has 0 aromatic carbocycles. The van der Waals surface area contributed by atoms with E-state index in [4.69, 9.17) is 4.74 Å². The number of rotatable bonds is 6. The van der Waals surface area contributed by atoms with Crippen LogP contribution in [0.15, 0.2) is 0 Å². The zero-order chi connectivity index (χ0) is 14.2. The van der Waals surface area contributed by atoms with E-state index < -0.39 is 19.0 Å². The van der Waals surface area contributed by atoms with Gasteiger partial charge in [0, 0.05) is 0 Å². The summed E-state index contributed by atoms with van der Waals surface area (Å²) >= 11 is 2.00. The molecule has 1 aliphatic rings. The van der Waals surface area contributed by atoms with E-state index in [0.29, 0.717) is 0 Å². The molecule has 0 aromatic heterocycles. The first kappa shape index (κ1) is 16.9. The number of sulfonamides is 1. The van der Waals surface area contributed by atoms with Gasteiger partial charge in [0.15, 0.2) is 0 Å². The fourth-order valence-electron chi connectivity index (χ4n) is 1.26. The quantitative estimate of drug-likeness (QED) is 0.101. The number of ether oxygens (including phenoxy) is 1. The Labute approximate surface area is 132 Å².